The quantitative estimate of drug-likeness (QED) is 0.786. The first-order valence-corrected chi connectivity index (χ1v) is 6.70. The van der Waals surface area contributed by atoms with Crippen molar-refractivity contribution in [1.82, 2.24) is 5.32 Å². The third kappa shape index (κ3) is 6.99. The average Bonchev–Trinajstić information content (AvgIpc) is 2.37. The van der Waals surface area contributed by atoms with Crippen LogP contribution in [-0.4, -0.2) is 30.0 Å². The first kappa shape index (κ1) is 16.3. The second-order valence-electron chi connectivity index (χ2n) is 5.43. The number of nitrogens with one attached hydrogen (secondary N) is 1. The molecule has 0 saturated heterocycles. The minimum Gasteiger partial charge on any atom is -0.494 e. The lowest BCUT2D eigenvalue weighted by Gasteiger charge is -2.19. The molecule has 0 aliphatic rings. The highest BCUT2D eigenvalue weighted by atomic mass is 16.6. The number of rotatable bonds is 6. The number of amides is 1. The van der Waals surface area contributed by atoms with Gasteiger partial charge < -0.3 is 19.9 Å². The molecule has 0 aliphatic heterocycles. The Labute approximate surface area is 119 Å². The maximum absolute atomic E-state index is 11.4. The summed E-state index contributed by atoms with van der Waals surface area (Å²) < 4.78 is 10.6. The molecule has 0 fully saturated rings. The summed E-state index contributed by atoms with van der Waals surface area (Å²) in [6.07, 6.45) is 0.283. The Hall–Kier alpha value is -1.75. The zero-order chi connectivity index (χ0) is 15.0. The van der Waals surface area contributed by atoms with E-state index in [-0.39, 0.29) is 6.61 Å². The van der Waals surface area contributed by atoms with E-state index in [0.29, 0.717) is 19.6 Å². The van der Waals surface area contributed by atoms with Crippen molar-refractivity contribution in [2.75, 3.05) is 13.2 Å². The predicted octanol–water partition coefficient (Wildman–Crippen LogP) is 2.47. The molecule has 112 valence electrons. The van der Waals surface area contributed by atoms with E-state index in [4.69, 9.17) is 14.6 Å². The number of carbonyl (C=O) groups is 1. The van der Waals surface area contributed by atoms with Crippen LogP contribution >= 0.6 is 0 Å². The Kier molecular flexibility index (Phi) is 6.31. The van der Waals surface area contributed by atoms with Gasteiger partial charge in [-0.15, -0.1) is 0 Å². The fraction of sp³-hybridized carbons (Fsp3) is 0.533. The van der Waals surface area contributed by atoms with Gasteiger partial charge in [0, 0.05) is 6.54 Å². The molecule has 2 N–H and O–H groups in total. The molecule has 0 heterocycles. The van der Waals surface area contributed by atoms with Gasteiger partial charge in [-0.1, -0.05) is 12.1 Å². The molecule has 1 aromatic carbocycles. The largest absolute Gasteiger partial charge is 0.494 e. The van der Waals surface area contributed by atoms with E-state index in [0.717, 1.165) is 11.3 Å². The number of ether oxygens (including phenoxy) is 2. The van der Waals surface area contributed by atoms with Gasteiger partial charge in [-0.3, -0.25) is 0 Å². The lowest BCUT2D eigenvalue weighted by Crippen LogP contribution is -2.33. The van der Waals surface area contributed by atoms with Gasteiger partial charge >= 0.3 is 6.09 Å². The number of benzene rings is 1. The Balaban J connectivity index is 2.14. The van der Waals surface area contributed by atoms with Crippen LogP contribution in [0.25, 0.3) is 0 Å². The Bertz CT molecular complexity index is 409. The van der Waals surface area contributed by atoms with Crippen LogP contribution in [0.3, 0.4) is 0 Å². The van der Waals surface area contributed by atoms with Crippen molar-refractivity contribution >= 4 is 6.09 Å². The molecule has 5 nitrogen and oxygen atoms in total. The van der Waals surface area contributed by atoms with E-state index in [2.05, 4.69) is 5.32 Å². The molecular weight excluding hydrogens is 258 g/mol. The van der Waals surface area contributed by atoms with Gasteiger partial charge in [0.15, 0.2) is 0 Å². The van der Waals surface area contributed by atoms with Crippen molar-refractivity contribution in [3.63, 3.8) is 0 Å². The summed E-state index contributed by atoms with van der Waals surface area (Å²) >= 11 is 0. The SMILES string of the molecule is CC(C)(C)OC(=O)NCCCOc1ccc(CO)cc1. The first-order valence-electron chi connectivity index (χ1n) is 6.70. The summed E-state index contributed by atoms with van der Waals surface area (Å²) in [4.78, 5) is 11.4. The van der Waals surface area contributed by atoms with Crippen LogP contribution in [0.15, 0.2) is 24.3 Å². The number of hydrogen-bond donors (Lipinski definition) is 2. The molecule has 0 spiro atoms. The molecule has 0 saturated carbocycles. The van der Waals surface area contributed by atoms with Gasteiger partial charge in [0.25, 0.3) is 0 Å². The van der Waals surface area contributed by atoms with Crippen LogP contribution in [0.5, 0.6) is 5.75 Å². The summed E-state index contributed by atoms with van der Waals surface area (Å²) in [7, 11) is 0. The molecule has 0 unspecified atom stereocenters. The van der Waals surface area contributed by atoms with Crippen LogP contribution in [0.4, 0.5) is 4.79 Å². The van der Waals surface area contributed by atoms with Crippen molar-refractivity contribution in [1.29, 1.82) is 0 Å². The topological polar surface area (TPSA) is 67.8 Å². The molecule has 0 radical (unpaired) electrons. The molecule has 0 bridgehead atoms. The number of hydrogen-bond acceptors (Lipinski definition) is 4. The summed E-state index contributed by atoms with van der Waals surface area (Å²) in [5, 5.41) is 11.6. The standard InChI is InChI=1S/C15H23NO4/c1-15(2,3)20-14(18)16-9-4-10-19-13-7-5-12(11-17)6-8-13/h5-8,17H,4,9-11H2,1-3H3,(H,16,18). The predicted molar refractivity (Wildman–Crippen MR) is 76.7 cm³/mol. The smallest absolute Gasteiger partial charge is 0.407 e. The second kappa shape index (κ2) is 7.75. The van der Waals surface area contributed by atoms with Crippen molar-refractivity contribution in [3.8, 4) is 5.75 Å². The van der Waals surface area contributed by atoms with E-state index in [9.17, 15) is 4.79 Å². The third-order valence-electron chi connectivity index (χ3n) is 2.36. The molecule has 0 aliphatic carbocycles. The van der Waals surface area contributed by atoms with Crippen LogP contribution in [0.1, 0.15) is 32.8 Å². The van der Waals surface area contributed by atoms with Gasteiger partial charge in [-0.2, -0.15) is 0 Å². The highest BCUT2D eigenvalue weighted by molar-refractivity contribution is 5.67. The zero-order valence-corrected chi connectivity index (χ0v) is 12.3. The van der Waals surface area contributed by atoms with Gasteiger partial charge in [-0.05, 0) is 44.9 Å². The van der Waals surface area contributed by atoms with Crippen LogP contribution in [0, 0.1) is 0 Å². The monoisotopic (exact) mass is 281 g/mol. The van der Waals surface area contributed by atoms with E-state index < -0.39 is 11.7 Å². The molecule has 0 atom stereocenters. The maximum Gasteiger partial charge on any atom is 0.407 e. The lowest BCUT2D eigenvalue weighted by molar-refractivity contribution is 0.0525. The van der Waals surface area contributed by atoms with Crippen LogP contribution < -0.4 is 10.1 Å². The molecule has 0 aromatic heterocycles. The van der Waals surface area contributed by atoms with Crippen molar-refractivity contribution in [3.05, 3.63) is 29.8 Å². The molecule has 1 amide bonds. The fourth-order valence-corrected chi connectivity index (χ4v) is 1.46. The van der Waals surface area contributed by atoms with Crippen LogP contribution in [-0.2, 0) is 11.3 Å². The summed E-state index contributed by atoms with van der Waals surface area (Å²) in [5.41, 5.74) is 0.374. The third-order valence-corrected chi connectivity index (χ3v) is 2.36. The average molecular weight is 281 g/mol. The lowest BCUT2D eigenvalue weighted by atomic mass is 10.2. The first-order chi connectivity index (χ1) is 9.40. The van der Waals surface area contributed by atoms with Gasteiger partial charge in [0.05, 0.1) is 13.2 Å². The highest BCUT2D eigenvalue weighted by Crippen LogP contribution is 2.12. The normalized spacial score (nSPS) is 11.0. The van der Waals surface area contributed by atoms with E-state index in [1.165, 1.54) is 0 Å². The zero-order valence-electron chi connectivity index (χ0n) is 12.3. The second-order valence-corrected chi connectivity index (χ2v) is 5.43. The van der Waals surface area contributed by atoms with Gasteiger partial charge in [0.2, 0.25) is 0 Å². The van der Waals surface area contributed by atoms with E-state index in [1.54, 1.807) is 0 Å². The van der Waals surface area contributed by atoms with Crippen molar-refractivity contribution in [2.45, 2.75) is 39.4 Å². The summed E-state index contributed by atoms with van der Waals surface area (Å²) in [6, 6.07) is 7.25. The molecular formula is C15H23NO4. The maximum atomic E-state index is 11.4. The number of aliphatic hydroxyl groups excluding tert-OH is 1. The summed E-state index contributed by atoms with van der Waals surface area (Å²) in [5.74, 6) is 0.750. The fourth-order valence-electron chi connectivity index (χ4n) is 1.46. The Morgan fingerprint density at radius 2 is 1.90 bits per heavy atom. The number of carbonyl (C=O) groups excluding carboxylic acids is 1. The minimum absolute atomic E-state index is 0.0279. The highest BCUT2D eigenvalue weighted by Gasteiger charge is 2.15. The Morgan fingerprint density at radius 1 is 1.25 bits per heavy atom. The van der Waals surface area contributed by atoms with Crippen molar-refractivity contribution in [2.24, 2.45) is 0 Å². The molecule has 5 heteroatoms. The van der Waals surface area contributed by atoms with Crippen molar-refractivity contribution < 1.29 is 19.4 Å². The Morgan fingerprint density at radius 3 is 2.45 bits per heavy atom. The number of aliphatic hydroxyl groups is 1. The van der Waals surface area contributed by atoms with Crippen LogP contribution in [0.2, 0.25) is 0 Å². The molecule has 1 aromatic rings. The minimum atomic E-state index is -0.477. The summed E-state index contributed by atoms with van der Waals surface area (Å²) in [6.45, 7) is 6.52. The van der Waals surface area contributed by atoms with E-state index >= 15 is 0 Å². The molecule has 1 rings (SSSR count). The van der Waals surface area contributed by atoms with Gasteiger partial charge in [-0.25, -0.2) is 4.79 Å². The van der Waals surface area contributed by atoms with E-state index in [1.807, 2.05) is 45.0 Å². The number of alkyl carbamates (subject to hydrolysis) is 1. The molecule has 20 heavy (non-hydrogen) atoms. The van der Waals surface area contributed by atoms with Gasteiger partial charge in [0.1, 0.15) is 11.4 Å².